The zero-order chi connectivity index (χ0) is 27.3. The number of nitrogens with zero attached hydrogens (tertiary/aromatic N) is 1. The first kappa shape index (κ1) is 25.6. The molecule has 3 aromatic carbocycles. The van der Waals surface area contributed by atoms with Crippen LogP contribution in [0.15, 0.2) is 72.8 Å². The highest BCUT2D eigenvalue weighted by Crippen LogP contribution is 2.61. The average Bonchev–Trinajstić information content (AvgIpc) is 3.61. The van der Waals surface area contributed by atoms with Gasteiger partial charge in [0.25, 0.3) is 5.91 Å². The number of imide groups is 1. The van der Waals surface area contributed by atoms with Gasteiger partial charge in [0.1, 0.15) is 0 Å². The van der Waals surface area contributed by atoms with E-state index in [0.717, 1.165) is 12.8 Å². The zero-order valence-electron chi connectivity index (χ0n) is 20.7. The van der Waals surface area contributed by atoms with Gasteiger partial charge in [-0.25, -0.2) is 4.79 Å². The Labute approximate surface area is 235 Å². The van der Waals surface area contributed by atoms with Crippen molar-refractivity contribution in [3.63, 3.8) is 0 Å². The van der Waals surface area contributed by atoms with Crippen LogP contribution >= 0.6 is 23.2 Å². The number of amides is 3. The molecule has 2 aliphatic carbocycles. The van der Waals surface area contributed by atoms with Crippen LogP contribution in [-0.2, 0) is 19.1 Å². The maximum atomic E-state index is 13.5. The number of esters is 1. The van der Waals surface area contributed by atoms with Crippen LogP contribution < -0.4 is 10.2 Å². The van der Waals surface area contributed by atoms with Gasteiger partial charge in [0.15, 0.2) is 6.61 Å². The van der Waals surface area contributed by atoms with Crippen molar-refractivity contribution in [3.05, 3.63) is 94.0 Å². The van der Waals surface area contributed by atoms with Gasteiger partial charge >= 0.3 is 5.97 Å². The highest BCUT2D eigenvalue weighted by Gasteiger charge is 2.64. The molecular formula is C30H24Cl2N2O5. The Morgan fingerprint density at radius 2 is 1.62 bits per heavy atom. The van der Waals surface area contributed by atoms with Gasteiger partial charge in [0.2, 0.25) is 11.8 Å². The lowest BCUT2D eigenvalue weighted by atomic mass is 9.73. The summed E-state index contributed by atoms with van der Waals surface area (Å²) in [5, 5.41) is 3.24. The van der Waals surface area contributed by atoms with Crippen molar-refractivity contribution in [3.8, 4) is 0 Å². The lowest BCUT2D eigenvalue weighted by Gasteiger charge is -2.28. The molecule has 1 saturated heterocycles. The number of hydrogen-bond acceptors (Lipinski definition) is 5. The number of fused-ring (bicyclic) bond motifs is 5. The van der Waals surface area contributed by atoms with Gasteiger partial charge in [-0.3, -0.25) is 19.3 Å². The largest absolute Gasteiger partial charge is 0.452 e. The maximum Gasteiger partial charge on any atom is 0.338 e. The summed E-state index contributed by atoms with van der Waals surface area (Å²) in [5.41, 5.74) is 2.16. The van der Waals surface area contributed by atoms with Crippen molar-refractivity contribution in [2.45, 2.75) is 18.8 Å². The standard InChI is InChI=1S/C30H24Cl2N2O5/c31-19-8-11-23(32)24(14-19)33-25(35)15-39-30(38)17-6-9-20(10-7-17)34-28(36)26-18-12-21(16-4-2-1-3-5-16)22(13-18)27(26)29(34)37/h1-11,14,18,21-22,26-27H,12-13,15H2,(H,33,35)/t18-,21-,22+,26+,27+/m0/s1. The number of anilines is 2. The minimum Gasteiger partial charge on any atom is -0.452 e. The molecule has 6 rings (SSSR count). The van der Waals surface area contributed by atoms with Gasteiger partial charge in [-0.2, -0.15) is 0 Å². The number of carbonyl (C=O) groups is 4. The molecule has 2 saturated carbocycles. The van der Waals surface area contributed by atoms with Gasteiger partial charge in [0.05, 0.1) is 33.8 Å². The summed E-state index contributed by atoms with van der Waals surface area (Å²) >= 11 is 12.0. The van der Waals surface area contributed by atoms with Crippen molar-refractivity contribution in [1.82, 2.24) is 0 Å². The summed E-state index contributed by atoms with van der Waals surface area (Å²) in [6.45, 7) is -0.527. The molecule has 0 spiro atoms. The Hall–Kier alpha value is -3.68. The summed E-state index contributed by atoms with van der Waals surface area (Å²) in [6.07, 6.45) is 1.83. The van der Waals surface area contributed by atoms with Gasteiger partial charge in [0, 0.05) is 5.02 Å². The molecule has 9 heteroatoms. The molecule has 2 bridgehead atoms. The van der Waals surface area contributed by atoms with Crippen LogP contribution in [0, 0.1) is 23.7 Å². The smallest absolute Gasteiger partial charge is 0.338 e. The predicted octanol–water partition coefficient (Wildman–Crippen LogP) is 5.72. The van der Waals surface area contributed by atoms with E-state index in [1.807, 2.05) is 18.2 Å². The van der Waals surface area contributed by atoms with Crippen LogP contribution in [0.3, 0.4) is 0 Å². The molecule has 0 unspecified atom stereocenters. The third-order valence-electron chi connectivity index (χ3n) is 8.14. The van der Waals surface area contributed by atoms with Crippen molar-refractivity contribution in [1.29, 1.82) is 0 Å². The van der Waals surface area contributed by atoms with E-state index in [-0.39, 0.29) is 41.0 Å². The SMILES string of the molecule is O=C(COC(=O)c1ccc(N2C(=O)[C@@H]3[C@@H]4C[C@@H]([C@H]3C2=O)[C@H](c2ccccc2)C4)cc1)Nc1cc(Cl)ccc1Cl. The summed E-state index contributed by atoms with van der Waals surface area (Å²) < 4.78 is 5.12. The molecule has 1 heterocycles. The monoisotopic (exact) mass is 562 g/mol. The number of rotatable bonds is 6. The van der Waals surface area contributed by atoms with Crippen LogP contribution in [0.25, 0.3) is 0 Å². The second-order valence-electron chi connectivity index (χ2n) is 10.3. The molecule has 3 aromatic rings. The first-order valence-corrected chi connectivity index (χ1v) is 13.5. The van der Waals surface area contributed by atoms with Crippen molar-refractivity contribution < 1.29 is 23.9 Å². The molecule has 3 fully saturated rings. The molecule has 5 atom stereocenters. The van der Waals surface area contributed by atoms with Crippen LogP contribution in [-0.4, -0.2) is 30.3 Å². The van der Waals surface area contributed by atoms with E-state index < -0.39 is 18.5 Å². The van der Waals surface area contributed by atoms with Gasteiger partial charge in [-0.05, 0) is 78.6 Å². The quantitative estimate of drug-likeness (QED) is 0.306. The fourth-order valence-electron chi connectivity index (χ4n) is 6.54. The highest BCUT2D eigenvalue weighted by atomic mass is 35.5. The summed E-state index contributed by atoms with van der Waals surface area (Å²) in [5.74, 6) is -1.55. The van der Waals surface area contributed by atoms with Crippen molar-refractivity contribution in [2.24, 2.45) is 23.7 Å². The molecule has 0 aromatic heterocycles. The van der Waals surface area contributed by atoms with Crippen LogP contribution in [0.5, 0.6) is 0 Å². The Morgan fingerprint density at radius 3 is 2.36 bits per heavy atom. The molecule has 198 valence electrons. The van der Waals surface area contributed by atoms with Gasteiger partial charge in [-0.1, -0.05) is 53.5 Å². The van der Waals surface area contributed by atoms with E-state index in [1.165, 1.54) is 28.7 Å². The van der Waals surface area contributed by atoms with Gasteiger partial charge < -0.3 is 10.1 Å². The van der Waals surface area contributed by atoms with E-state index >= 15 is 0 Å². The first-order chi connectivity index (χ1) is 18.8. The molecule has 7 nitrogen and oxygen atoms in total. The third-order valence-corrected chi connectivity index (χ3v) is 8.71. The van der Waals surface area contributed by atoms with E-state index in [2.05, 4.69) is 17.4 Å². The molecule has 3 amide bonds. The number of halogens is 2. The maximum absolute atomic E-state index is 13.5. The third kappa shape index (κ3) is 4.60. The molecular weight excluding hydrogens is 539 g/mol. The minimum atomic E-state index is -0.714. The predicted molar refractivity (Wildman–Crippen MR) is 147 cm³/mol. The summed E-state index contributed by atoms with van der Waals surface area (Å²) in [7, 11) is 0. The normalized spacial score (nSPS) is 25.1. The fourth-order valence-corrected chi connectivity index (χ4v) is 6.87. The Balaban J connectivity index is 1.10. The fraction of sp³-hybridized carbons (Fsp3) is 0.267. The topological polar surface area (TPSA) is 92.8 Å². The second kappa shape index (κ2) is 10.1. The highest BCUT2D eigenvalue weighted by molar-refractivity contribution is 6.35. The van der Waals surface area contributed by atoms with E-state index in [9.17, 15) is 19.2 Å². The number of nitrogens with one attached hydrogen (secondary N) is 1. The van der Waals surface area contributed by atoms with Crippen molar-refractivity contribution in [2.75, 3.05) is 16.8 Å². The van der Waals surface area contributed by atoms with Crippen LogP contribution in [0.2, 0.25) is 10.0 Å². The molecule has 1 N–H and O–H groups in total. The van der Waals surface area contributed by atoms with Crippen molar-refractivity contribution >= 4 is 58.3 Å². The lowest BCUT2D eigenvalue weighted by Crippen LogP contribution is -2.33. The molecule has 1 aliphatic heterocycles. The van der Waals surface area contributed by atoms with Crippen LogP contribution in [0.1, 0.15) is 34.7 Å². The second-order valence-corrected chi connectivity index (χ2v) is 11.1. The molecule has 39 heavy (non-hydrogen) atoms. The average molecular weight is 563 g/mol. The van der Waals surface area contributed by atoms with E-state index in [0.29, 0.717) is 27.3 Å². The van der Waals surface area contributed by atoms with E-state index in [1.54, 1.807) is 24.3 Å². The Kier molecular flexibility index (Phi) is 6.65. The number of ether oxygens (including phenoxy) is 1. The van der Waals surface area contributed by atoms with Crippen LogP contribution in [0.4, 0.5) is 11.4 Å². The van der Waals surface area contributed by atoms with E-state index in [4.69, 9.17) is 27.9 Å². The number of benzene rings is 3. The Morgan fingerprint density at radius 1 is 0.897 bits per heavy atom. The Bertz CT molecular complexity index is 1480. The lowest BCUT2D eigenvalue weighted by molar-refractivity contribution is -0.123. The summed E-state index contributed by atoms with van der Waals surface area (Å²) in [6, 6.07) is 20.9. The molecule has 3 aliphatic rings. The summed E-state index contributed by atoms with van der Waals surface area (Å²) in [4.78, 5) is 52.9. The zero-order valence-corrected chi connectivity index (χ0v) is 22.2. The first-order valence-electron chi connectivity index (χ1n) is 12.8. The number of hydrogen-bond donors (Lipinski definition) is 1. The van der Waals surface area contributed by atoms with Gasteiger partial charge in [-0.15, -0.1) is 0 Å². The minimum absolute atomic E-state index is 0.157. The number of carbonyl (C=O) groups excluding carboxylic acids is 4. The molecule has 0 radical (unpaired) electrons.